The Balaban J connectivity index is 0.00000324. The highest BCUT2D eigenvalue weighted by atomic mass is 127. The lowest BCUT2D eigenvalue weighted by atomic mass is 10.1. The maximum atomic E-state index is 11.3. The van der Waals surface area contributed by atoms with Crippen LogP contribution in [0.5, 0.6) is 0 Å². The Labute approximate surface area is 134 Å². The Kier molecular flexibility index (Phi) is 8.97. The summed E-state index contributed by atoms with van der Waals surface area (Å²) in [4.78, 5) is 4.12. The number of hydrogen-bond acceptors (Lipinski definition) is 3. The minimum Gasteiger partial charge on any atom is -0.356 e. The van der Waals surface area contributed by atoms with Crippen molar-refractivity contribution in [2.24, 2.45) is 10.9 Å². The molecule has 2 N–H and O–H groups in total. The first-order valence-corrected chi connectivity index (χ1v) is 8.42. The van der Waals surface area contributed by atoms with E-state index in [-0.39, 0.29) is 41.5 Å². The number of nitrogens with zero attached hydrogens (tertiary/aromatic N) is 1. The quantitative estimate of drug-likeness (QED) is 0.315. The molecule has 0 aromatic heterocycles. The molecule has 1 unspecified atom stereocenters. The van der Waals surface area contributed by atoms with Gasteiger partial charge in [-0.15, -0.1) is 24.0 Å². The number of nitrogens with one attached hydrogen (secondary N) is 2. The molecule has 0 saturated carbocycles. The SMILES string of the molecule is CN=C(NCCCC(C)C)NC1CCS(=O)(=O)C1.I. The maximum absolute atomic E-state index is 11.3. The highest BCUT2D eigenvalue weighted by molar-refractivity contribution is 14.0. The van der Waals surface area contributed by atoms with Crippen molar-refractivity contribution in [3.05, 3.63) is 0 Å². The van der Waals surface area contributed by atoms with E-state index in [1.807, 2.05) is 0 Å². The van der Waals surface area contributed by atoms with Crippen LogP contribution in [0.3, 0.4) is 0 Å². The Morgan fingerprint density at radius 3 is 2.58 bits per heavy atom. The summed E-state index contributed by atoms with van der Waals surface area (Å²) < 4.78 is 22.7. The molecule has 0 aliphatic carbocycles. The fraction of sp³-hybridized carbons (Fsp3) is 0.917. The third-order valence-electron chi connectivity index (χ3n) is 3.05. The number of sulfone groups is 1. The summed E-state index contributed by atoms with van der Waals surface area (Å²) in [6.07, 6.45) is 2.96. The minimum atomic E-state index is -2.83. The molecule has 0 aromatic rings. The molecule has 19 heavy (non-hydrogen) atoms. The zero-order valence-electron chi connectivity index (χ0n) is 12.0. The van der Waals surface area contributed by atoms with Crippen LogP contribution in [0.1, 0.15) is 33.1 Å². The van der Waals surface area contributed by atoms with Gasteiger partial charge in [-0.05, 0) is 25.2 Å². The molecule has 0 bridgehead atoms. The number of halogens is 1. The Bertz CT molecular complexity index is 382. The van der Waals surface area contributed by atoms with Crippen molar-refractivity contribution in [1.82, 2.24) is 10.6 Å². The second kappa shape index (κ2) is 8.99. The van der Waals surface area contributed by atoms with E-state index in [2.05, 4.69) is 29.5 Å². The molecule has 1 aliphatic rings. The third-order valence-corrected chi connectivity index (χ3v) is 4.82. The predicted octanol–water partition coefficient (Wildman–Crippen LogP) is 1.39. The fourth-order valence-corrected chi connectivity index (χ4v) is 3.69. The molecule has 1 heterocycles. The van der Waals surface area contributed by atoms with Gasteiger partial charge in [0.1, 0.15) is 0 Å². The van der Waals surface area contributed by atoms with Gasteiger partial charge in [0.2, 0.25) is 0 Å². The normalized spacial score (nSPS) is 22.1. The Hall–Kier alpha value is -0.0500. The maximum Gasteiger partial charge on any atom is 0.191 e. The Morgan fingerprint density at radius 2 is 2.11 bits per heavy atom. The van der Waals surface area contributed by atoms with E-state index in [0.29, 0.717) is 18.3 Å². The monoisotopic (exact) mass is 403 g/mol. The molecule has 0 radical (unpaired) electrons. The van der Waals surface area contributed by atoms with Gasteiger partial charge >= 0.3 is 0 Å². The number of aliphatic imine (C=N–C) groups is 1. The molecule has 1 rings (SSSR count). The van der Waals surface area contributed by atoms with Crippen molar-refractivity contribution in [2.45, 2.75) is 39.2 Å². The molecule has 0 spiro atoms. The summed E-state index contributed by atoms with van der Waals surface area (Å²) in [6.45, 7) is 5.28. The molecule has 1 atom stereocenters. The lowest BCUT2D eigenvalue weighted by Crippen LogP contribution is -2.44. The first-order chi connectivity index (χ1) is 8.43. The van der Waals surface area contributed by atoms with E-state index in [9.17, 15) is 8.42 Å². The van der Waals surface area contributed by atoms with Crippen molar-refractivity contribution < 1.29 is 8.42 Å². The lowest BCUT2D eigenvalue weighted by Gasteiger charge is -2.16. The first-order valence-electron chi connectivity index (χ1n) is 6.60. The summed E-state index contributed by atoms with van der Waals surface area (Å²) in [5.74, 6) is 1.93. The molecule has 5 nitrogen and oxygen atoms in total. The largest absolute Gasteiger partial charge is 0.356 e. The van der Waals surface area contributed by atoms with E-state index in [1.54, 1.807) is 7.05 Å². The standard InChI is InChI=1S/C12H25N3O2S.HI/c1-10(2)5-4-7-14-12(13-3)15-11-6-8-18(16,17)9-11;/h10-11H,4-9H2,1-3H3,(H2,13,14,15);1H. The Morgan fingerprint density at radius 1 is 1.42 bits per heavy atom. The topological polar surface area (TPSA) is 70.6 Å². The number of guanidine groups is 1. The predicted molar refractivity (Wildman–Crippen MR) is 91.0 cm³/mol. The van der Waals surface area contributed by atoms with Crippen molar-refractivity contribution >= 4 is 39.8 Å². The van der Waals surface area contributed by atoms with Crippen LogP contribution >= 0.6 is 24.0 Å². The second-order valence-electron chi connectivity index (χ2n) is 5.28. The van der Waals surface area contributed by atoms with Gasteiger partial charge in [-0.25, -0.2) is 8.42 Å². The van der Waals surface area contributed by atoms with E-state index >= 15 is 0 Å². The molecule has 0 amide bonds. The zero-order chi connectivity index (χ0) is 13.6. The van der Waals surface area contributed by atoms with Gasteiger partial charge < -0.3 is 10.6 Å². The van der Waals surface area contributed by atoms with Crippen LogP contribution < -0.4 is 10.6 Å². The van der Waals surface area contributed by atoms with Gasteiger partial charge in [0.15, 0.2) is 15.8 Å². The first kappa shape index (κ1) is 18.9. The van der Waals surface area contributed by atoms with E-state index in [1.165, 1.54) is 6.42 Å². The van der Waals surface area contributed by atoms with Crippen molar-refractivity contribution in [1.29, 1.82) is 0 Å². The summed E-state index contributed by atoms with van der Waals surface area (Å²) >= 11 is 0. The van der Waals surface area contributed by atoms with Crippen LogP contribution in [0, 0.1) is 5.92 Å². The highest BCUT2D eigenvalue weighted by Gasteiger charge is 2.28. The van der Waals surface area contributed by atoms with E-state index in [4.69, 9.17) is 0 Å². The van der Waals surface area contributed by atoms with Crippen molar-refractivity contribution in [3.8, 4) is 0 Å². The van der Waals surface area contributed by atoms with Crippen LogP contribution in [-0.4, -0.2) is 45.5 Å². The van der Waals surface area contributed by atoms with Crippen LogP contribution in [0.15, 0.2) is 4.99 Å². The van der Waals surface area contributed by atoms with Crippen molar-refractivity contribution in [2.75, 3.05) is 25.1 Å². The number of hydrogen-bond donors (Lipinski definition) is 2. The average molecular weight is 403 g/mol. The molecular formula is C12H26IN3O2S. The summed E-state index contributed by atoms with van der Waals surface area (Å²) in [6, 6.07) is 0.00583. The average Bonchev–Trinajstić information content (AvgIpc) is 2.62. The minimum absolute atomic E-state index is 0. The van der Waals surface area contributed by atoms with Gasteiger partial charge in [-0.1, -0.05) is 13.8 Å². The summed E-state index contributed by atoms with van der Waals surface area (Å²) in [5.41, 5.74) is 0. The van der Waals surface area contributed by atoms with E-state index in [0.717, 1.165) is 13.0 Å². The molecule has 0 aromatic carbocycles. The van der Waals surface area contributed by atoms with Gasteiger partial charge in [0.05, 0.1) is 11.5 Å². The van der Waals surface area contributed by atoms with Gasteiger partial charge in [-0.2, -0.15) is 0 Å². The van der Waals surface area contributed by atoms with Crippen LogP contribution in [-0.2, 0) is 9.84 Å². The summed E-state index contributed by atoms with van der Waals surface area (Å²) in [7, 11) is -1.12. The van der Waals surface area contributed by atoms with Gasteiger partial charge in [-0.3, -0.25) is 4.99 Å². The molecule has 1 aliphatic heterocycles. The molecule has 1 fully saturated rings. The second-order valence-corrected chi connectivity index (χ2v) is 7.51. The summed E-state index contributed by atoms with van der Waals surface area (Å²) in [5, 5.41) is 6.39. The molecule has 7 heteroatoms. The number of rotatable bonds is 5. The van der Waals surface area contributed by atoms with Crippen LogP contribution in [0.2, 0.25) is 0 Å². The van der Waals surface area contributed by atoms with Crippen molar-refractivity contribution in [3.63, 3.8) is 0 Å². The lowest BCUT2D eigenvalue weighted by molar-refractivity contribution is 0.546. The smallest absolute Gasteiger partial charge is 0.191 e. The van der Waals surface area contributed by atoms with E-state index < -0.39 is 9.84 Å². The van der Waals surface area contributed by atoms with Crippen LogP contribution in [0.4, 0.5) is 0 Å². The molecular weight excluding hydrogens is 377 g/mol. The third kappa shape index (κ3) is 7.96. The molecule has 1 saturated heterocycles. The zero-order valence-corrected chi connectivity index (χ0v) is 15.1. The molecule has 114 valence electrons. The van der Waals surface area contributed by atoms with Crippen LogP contribution in [0.25, 0.3) is 0 Å². The highest BCUT2D eigenvalue weighted by Crippen LogP contribution is 2.10. The van der Waals surface area contributed by atoms with Gasteiger partial charge in [0.25, 0.3) is 0 Å². The fourth-order valence-electron chi connectivity index (χ4n) is 2.01. The van der Waals surface area contributed by atoms with Gasteiger partial charge in [0, 0.05) is 19.6 Å².